The van der Waals surface area contributed by atoms with Gasteiger partial charge in [-0.3, -0.25) is 71.4 Å². The van der Waals surface area contributed by atoms with Crippen LogP contribution in [0.1, 0.15) is 122 Å². The van der Waals surface area contributed by atoms with Crippen LogP contribution in [0.25, 0.3) is 66.4 Å². The predicted octanol–water partition coefficient (Wildman–Crippen LogP) is 13.6. The highest BCUT2D eigenvalue weighted by Gasteiger charge is 2.36. The average Bonchev–Trinajstić information content (AvgIpc) is 0.809. The van der Waals surface area contributed by atoms with Crippen molar-refractivity contribution in [2.75, 3.05) is 151 Å². The van der Waals surface area contributed by atoms with Gasteiger partial charge in [0.15, 0.2) is 6.61 Å². The van der Waals surface area contributed by atoms with E-state index in [1.54, 1.807) is 78.6 Å². The minimum absolute atomic E-state index is 0.0164. The number of amides is 2. The molecule has 2 N–H and O–H groups in total. The Kier molecular flexibility index (Phi) is 35.4. The molecule has 0 saturated carbocycles. The number of para-hydroxylation sites is 12. The number of hydrogen-bond donors (Lipinski definition) is 1. The van der Waals surface area contributed by atoms with Crippen LogP contribution in [0.5, 0.6) is 28.7 Å². The summed E-state index contributed by atoms with van der Waals surface area (Å²) in [5.41, 5.74) is 11.5. The second-order valence-corrected chi connectivity index (χ2v) is 37.1. The molecule has 14 aromatic rings. The maximum absolute atomic E-state index is 13.8. The highest BCUT2D eigenvalue weighted by atomic mass is 32.2. The fourth-order valence-electron chi connectivity index (χ4n) is 18.5. The summed E-state index contributed by atoms with van der Waals surface area (Å²) in [5, 5.41) is 2.25. The molecule has 0 bridgehead atoms. The maximum atomic E-state index is 13.8. The molecule has 4 saturated heterocycles. The molecule has 8 heterocycles. The van der Waals surface area contributed by atoms with Crippen LogP contribution in [0, 0.1) is 0 Å². The second-order valence-electron chi connectivity index (χ2n) is 35.2. The Bertz CT molecular complexity index is 7130. The van der Waals surface area contributed by atoms with Crippen molar-refractivity contribution < 1.29 is 51.2 Å². The zero-order chi connectivity index (χ0) is 101. The van der Waals surface area contributed by atoms with E-state index in [0.29, 0.717) is 231 Å². The molecular weight excluding hydrogens is 1830 g/mol. The number of nitrogens with two attached hydrogens (primary N) is 1. The molecule has 143 heavy (non-hydrogen) atoms. The number of ether oxygens (including phenoxy) is 6. The van der Waals surface area contributed by atoms with E-state index in [-0.39, 0.29) is 77.6 Å². The van der Waals surface area contributed by atoms with Crippen molar-refractivity contribution in [1.29, 1.82) is 0 Å². The number of esters is 1. The number of benzene rings is 10. The van der Waals surface area contributed by atoms with Gasteiger partial charge in [0, 0.05) is 105 Å². The molecule has 3 unspecified atom stereocenters. The molecule has 2 amide bonds. The summed E-state index contributed by atoms with van der Waals surface area (Å²) in [4.78, 5) is 127. The van der Waals surface area contributed by atoms with Crippen LogP contribution in [0.4, 0.5) is 0 Å². The lowest BCUT2D eigenvalue weighted by Crippen LogP contribution is -2.51. The van der Waals surface area contributed by atoms with Crippen molar-refractivity contribution >= 4 is 71.4 Å². The molecule has 4 aromatic heterocycles. The van der Waals surface area contributed by atoms with Crippen LogP contribution in [0.2, 0.25) is 0 Å². The first-order chi connectivity index (χ1) is 69.5. The monoisotopic (exact) mass is 1960 g/mol. The van der Waals surface area contributed by atoms with E-state index in [0.717, 1.165) is 55.2 Å². The molecule has 748 valence electrons. The van der Waals surface area contributed by atoms with Crippen LogP contribution in [-0.4, -0.2) is 254 Å². The molecule has 33 heteroatoms. The zero-order valence-electron chi connectivity index (χ0n) is 82.8. The third kappa shape index (κ3) is 24.4. The maximum Gasteiger partial charge on any atom is 0.306 e. The number of carbonyl (C=O) groups excluding carboxylic acids is 3. The van der Waals surface area contributed by atoms with E-state index in [1.807, 2.05) is 247 Å². The van der Waals surface area contributed by atoms with Gasteiger partial charge >= 0.3 is 5.97 Å². The van der Waals surface area contributed by atoms with Crippen molar-refractivity contribution in [3.8, 4) is 51.5 Å². The number of likely N-dealkylation sites (N-methyl/N-ethyl adjacent to an activating group) is 1. The molecule has 4 aliphatic heterocycles. The lowest BCUT2D eigenvalue weighted by Gasteiger charge is -2.38. The highest BCUT2D eigenvalue weighted by molar-refractivity contribution is 7.89. The highest BCUT2D eigenvalue weighted by Crippen LogP contribution is 2.35. The lowest BCUT2D eigenvalue weighted by molar-refractivity contribution is -0.146. The smallest absolute Gasteiger partial charge is 0.306 e. The number of hydrogen-bond acceptors (Lipinski definition) is 25. The number of sulfonamides is 1. The van der Waals surface area contributed by atoms with Gasteiger partial charge in [-0.2, -0.15) is 4.31 Å². The molecular formula is C110H127N17O15S. The number of rotatable bonds is 30. The SMILES string of the molecule is CCOC(=O)CCC(=O)N1CCN(C(C)c2nc3ccccc3c(=O)n2-c2ccccc2OCC)CC1.CCOc1ccccc1-n1c(C(C)N2CCN(C(=O)COc3ccc(CN)cc3)CC2)nc2ccccc2c1=O.CCOc1ccccc1-n1c(C(C)N2CCN(S(=O)(=O)c3ccccc3)CC2)nc2ccccc2c1=O.CCOc1ccccc1-n1c(CN2CCCN(C)CC2)nc2ccccc2c1=O. The minimum atomic E-state index is -3.56. The van der Waals surface area contributed by atoms with Gasteiger partial charge in [0.1, 0.15) is 52.0 Å². The molecule has 0 aliphatic carbocycles. The first-order valence-corrected chi connectivity index (χ1v) is 50.7. The molecule has 0 spiro atoms. The van der Waals surface area contributed by atoms with Gasteiger partial charge < -0.3 is 48.9 Å². The molecule has 4 aliphatic rings. The Hall–Kier alpha value is -14.2. The van der Waals surface area contributed by atoms with Crippen molar-refractivity contribution in [2.24, 2.45) is 5.73 Å². The lowest BCUT2D eigenvalue weighted by atomic mass is 10.1. The van der Waals surface area contributed by atoms with Crippen LogP contribution >= 0.6 is 0 Å². The third-order valence-corrected chi connectivity index (χ3v) is 28.1. The summed E-state index contributed by atoms with van der Waals surface area (Å²) in [5.74, 6) is 5.36. The predicted molar refractivity (Wildman–Crippen MR) is 555 cm³/mol. The molecule has 3 atom stereocenters. The van der Waals surface area contributed by atoms with E-state index in [4.69, 9.17) is 54.1 Å². The van der Waals surface area contributed by atoms with Crippen molar-refractivity contribution in [1.82, 2.24) is 76.8 Å². The van der Waals surface area contributed by atoms with Crippen molar-refractivity contribution in [2.45, 2.75) is 111 Å². The summed E-state index contributed by atoms with van der Waals surface area (Å²) in [6.45, 7) is 29.5. The van der Waals surface area contributed by atoms with Crippen LogP contribution in [-0.2, 0) is 42.2 Å². The molecule has 32 nitrogen and oxygen atoms in total. The van der Waals surface area contributed by atoms with Crippen molar-refractivity contribution in [3.05, 3.63) is 319 Å². The first kappa shape index (κ1) is 103. The number of piperazine rings is 3. The van der Waals surface area contributed by atoms with Crippen LogP contribution in [0.3, 0.4) is 0 Å². The summed E-state index contributed by atoms with van der Waals surface area (Å²) in [7, 11) is -1.40. The summed E-state index contributed by atoms with van der Waals surface area (Å²) in [6.07, 6.45) is 1.36. The Morgan fingerprint density at radius 1 is 0.364 bits per heavy atom. The third-order valence-electron chi connectivity index (χ3n) is 26.2. The van der Waals surface area contributed by atoms with Crippen LogP contribution in [0.15, 0.2) is 273 Å². The molecule has 0 radical (unpaired) electrons. The Morgan fingerprint density at radius 2 is 0.720 bits per heavy atom. The first-order valence-electron chi connectivity index (χ1n) is 49.3. The van der Waals surface area contributed by atoms with E-state index >= 15 is 0 Å². The van der Waals surface area contributed by atoms with E-state index in [1.165, 1.54) is 4.31 Å². The fourth-order valence-corrected chi connectivity index (χ4v) is 19.9. The van der Waals surface area contributed by atoms with Gasteiger partial charge in [0.05, 0.1) is 135 Å². The Labute approximate surface area is 833 Å². The number of nitrogens with zero attached hydrogens (tertiary/aromatic N) is 16. The van der Waals surface area contributed by atoms with E-state index in [9.17, 15) is 42.0 Å². The van der Waals surface area contributed by atoms with Crippen molar-refractivity contribution in [3.63, 3.8) is 0 Å². The minimum Gasteiger partial charge on any atom is -0.492 e. The van der Waals surface area contributed by atoms with Gasteiger partial charge in [-0.05, 0) is 209 Å². The molecule has 10 aromatic carbocycles. The van der Waals surface area contributed by atoms with E-state index in [2.05, 4.69) is 38.5 Å². The zero-order valence-corrected chi connectivity index (χ0v) is 83.6. The average molecular weight is 1960 g/mol. The fraction of sp³-hybridized carbons (Fsp3) is 0.355. The number of fused-ring (bicyclic) bond motifs is 4. The largest absolute Gasteiger partial charge is 0.492 e. The number of aromatic nitrogens is 8. The topological polar surface area (TPSA) is 332 Å². The molecule has 18 rings (SSSR count). The molecule has 4 fully saturated rings. The standard InChI is InChI=1S/C31H35N5O4.C28H34N4O5.C28H30N4O4S.C23H28N4O2/c1-3-39-28-11-7-6-10-27(28)36-30(33-26-9-5-4-8-25(26)31(36)38)22(2)34-16-18-35(19-17-34)29(37)21-40-24-14-12-23(20-32)13-15-24;1-4-36-24-13-9-8-12-23(24)32-27(29-22-11-7-6-10-21(22)28(32)35)20(3)30-16-18-31(19-17-30)25(33)14-15-26(34)37-5-2;1-3-36-26-16-10-9-15-25(26)32-27(29-24-14-8-7-13-23(24)28(32)33)21(2)30-17-19-31(20-18-30)37(34,35)22-11-5-4-6-12-22;1-3-29-21-12-7-6-11-20(21)27-22(17-26-14-8-13-25(2)15-16-26)24-19-10-5-4-9-18(19)23(27)28/h4-15,22H,3,16-21,32H2,1-2H3;6-13,20H,4-5,14-19H2,1-3H3;4-16,21H,3,17-20H2,1-2H3;4-7,9-12H,3,8,13-17H2,1-2H3. The number of carbonyl (C=O) groups is 3. The Balaban J connectivity index is 0.000000144. The summed E-state index contributed by atoms with van der Waals surface area (Å²) < 4.78 is 68.5. The van der Waals surface area contributed by atoms with Crippen LogP contribution < -0.4 is 51.7 Å². The van der Waals surface area contributed by atoms with Gasteiger partial charge in [-0.1, -0.05) is 127 Å². The van der Waals surface area contributed by atoms with Gasteiger partial charge in [-0.25, -0.2) is 28.4 Å². The van der Waals surface area contributed by atoms with Gasteiger partial charge in [0.25, 0.3) is 28.1 Å². The normalized spacial score (nSPS) is 15.4. The van der Waals surface area contributed by atoms with Gasteiger partial charge in [-0.15, -0.1) is 0 Å². The second kappa shape index (κ2) is 49.0. The Morgan fingerprint density at radius 3 is 1.12 bits per heavy atom. The van der Waals surface area contributed by atoms with Gasteiger partial charge in [0.2, 0.25) is 15.9 Å². The summed E-state index contributed by atoms with van der Waals surface area (Å²) in [6, 6.07) is 75.2. The summed E-state index contributed by atoms with van der Waals surface area (Å²) >= 11 is 0. The quantitative estimate of drug-likeness (QED) is 0.0409. The van der Waals surface area contributed by atoms with E-state index < -0.39 is 10.0 Å².